The lowest BCUT2D eigenvalue weighted by Gasteiger charge is -2.34. The molecule has 6 rings (SSSR count). The molecule has 3 aliphatic rings. The van der Waals surface area contributed by atoms with Gasteiger partial charge in [-0.1, -0.05) is 18.2 Å². The first-order valence-corrected chi connectivity index (χ1v) is 13.4. The quantitative estimate of drug-likeness (QED) is 0.516. The van der Waals surface area contributed by atoms with E-state index in [-0.39, 0.29) is 29.7 Å². The van der Waals surface area contributed by atoms with Gasteiger partial charge in [0.2, 0.25) is 5.91 Å². The largest absolute Gasteiger partial charge is 0.376 e. The van der Waals surface area contributed by atoms with Crippen LogP contribution in [0, 0.1) is 5.92 Å². The third kappa shape index (κ3) is 4.26. The van der Waals surface area contributed by atoms with Crippen LogP contribution >= 0.6 is 11.3 Å². The number of piperidine rings is 1. The number of anilines is 1. The molecule has 8 nitrogen and oxygen atoms in total. The minimum absolute atomic E-state index is 0.00561. The van der Waals surface area contributed by atoms with Crippen LogP contribution in [0.25, 0.3) is 10.2 Å². The van der Waals surface area contributed by atoms with E-state index in [2.05, 4.69) is 15.2 Å². The highest BCUT2D eigenvalue weighted by molar-refractivity contribution is 7.18. The minimum atomic E-state index is -0.261. The average Bonchev–Trinajstić information content (AvgIpc) is 3.63. The summed E-state index contributed by atoms with van der Waals surface area (Å²) >= 11 is 1.59. The molecule has 2 fully saturated rings. The fourth-order valence-corrected chi connectivity index (χ4v) is 6.36. The second-order valence-corrected chi connectivity index (χ2v) is 10.7. The van der Waals surface area contributed by atoms with Crippen molar-refractivity contribution in [2.75, 3.05) is 31.1 Å². The first-order valence-electron chi connectivity index (χ1n) is 12.6. The zero-order valence-electron chi connectivity index (χ0n) is 19.9. The molecule has 1 aromatic heterocycles. The number of hydrogen-bond acceptors (Lipinski definition) is 7. The molecule has 3 amide bonds. The first kappa shape index (κ1) is 23.1. The number of nitrogens with zero attached hydrogens (tertiary/aromatic N) is 3. The Bertz CT molecular complexity index is 1300. The van der Waals surface area contributed by atoms with Gasteiger partial charge in [0.15, 0.2) is 0 Å². The molecule has 3 aromatic rings. The van der Waals surface area contributed by atoms with E-state index in [1.807, 2.05) is 36.4 Å². The molecule has 0 saturated carbocycles. The van der Waals surface area contributed by atoms with Crippen LogP contribution in [0.3, 0.4) is 0 Å². The molecule has 3 aliphatic heterocycles. The summed E-state index contributed by atoms with van der Waals surface area (Å²) < 4.78 is 6.77. The Morgan fingerprint density at radius 1 is 1.08 bits per heavy atom. The van der Waals surface area contributed by atoms with Crippen LogP contribution in [0.15, 0.2) is 42.5 Å². The number of thiazole rings is 1. The van der Waals surface area contributed by atoms with Gasteiger partial charge in [-0.15, -0.1) is 11.3 Å². The van der Waals surface area contributed by atoms with Gasteiger partial charge in [-0.2, -0.15) is 0 Å². The molecule has 0 bridgehead atoms. The Kier molecular flexibility index (Phi) is 6.18. The molecule has 0 spiro atoms. The number of rotatable bonds is 6. The molecule has 0 aliphatic carbocycles. The number of fused-ring (bicyclic) bond motifs is 2. The van der Waals surface area contributed by atoms with E-state index in [4.69, 9.17) is 4.74 Å². The zero-order chi connectivity index (χ0) is 24.6. The molecule has 2 atom stereocenters. The smallest absolute Gasteiger partial charge is 0.263 e. The van der Waals surface area contributed by atoms with Gasteiger partial charge in [-0.05, 0) is 49.9 Å². The highest BCUT2D eigenvalue weighted by Crippen LogP contribution is 2.34. The topological polar surface area (TPSA) is 91.8 Å². The molecule has 2 unspecified atom stereocenters. The molecule has 0 radical (unpaired) electrons. The van der Waals surface area contributed by atoms with Gasteiger partial charge in [0.05, 0.1) is 52.1 Å². The summed E-state index contributed by atoms with van der Waals surface area (Å²) in [6.07, 6.45) is 3.35. The number of nitrogens with one attached hydrogen (secondary N) is 1. The number of para-hydroxylation sites is 1. The number of benzene rings is 2. The maximum Gasteiger partial charge on any atom is 0.263 e. The molecule has 186 valence electrons. The monoisotopic (exact) mass is 504 g/mol. The normalized spacial score (nSPS) is 21.9. The van der Waals surface area contributed by atoms with Crippen LogP contribution < -0.4 is 10.2 Å². The van der Waals surface area contributed by atoms with E-state index >= 15 is 0 Å². The average molecular weight is 505 g/mol. The summed E-state index contributed by atoms with van der Waals surface area (Å²) in [5.74, 6) is -0.717. The maximum absolute atomic E-state index is 13.3. The molecule has 36 heavy (non-hydrogen) atoms. The third-order valence-electron chi connectivity index (χ3n) is 7.27. The highest BCUT2D eigenvalue weighted by atomic mass is 32.1. The lowest BCUT2D eigenvalue weighted by atomic mass is 9.95. The minimum Gasteiger partial charge on any atom is -0.376 e. The summed E-state index contributed by atoms with van der Waals surface area (Å²) in [5, 5.41) is 3.94. The summed E-state index contributed by atoms with van der Waals surface area (Å²) in [5.41, 5.74) is 2.58. The second-order valence-electron chi connectivity index (χ2n) is 9.63. The van der Waals surface area contributed by atoms with Crippen LogP contribution in [0.5, 0.6) is 0 Å². The van der Waals surface area contributed by atoms with Gasteiger partial charge in [0.1, 0.15) is 5.01 Å². The van der Waals surface area contributed by atoms with E-state index in [0.29, 0.717) is 37.4 Å². The summed E-state index contributed by atoms with van der Waals surface area (Å²) in [4.78, 5) is 47.5. The molecule has 4 heterocycles. The van der Waals surface area contributed by atoms with Crippen molar-refractivity contribution in [1.82, 2.24) is 15.2 Å². The Balaban J connectivity index is 1.15. The molecule has 1 N–H and O–H groups in total. The molecule has 2 saturated heterocycles. The highest BCUT2D eigenvalue weighted by Gasteiger charge is 2.40. The second kappa shape index (κ2) is 9.63. The number of hydrogen-bond donors (Lipinski definition) is 1. The Labute approximate surface area is 213 Å². The van der Waals surface area contributed by atoms with E-state index in [0.717, 1.165) is 53.1 Å². The summed E-state index contributed by atoms with van der Waals surface area (Å²) in [7, 11) is 0. The van der Waals surface area contributed by atoms with Crippen molar-refractivity contribution < 1.29 is 19.1 Å². The van der Waals surface area contributed by atoms with Gasteiger partial charge >= 0.3 is 0 Å². The molecular weight excluding hydrogens is 476 g/mol. The Morgan fingerprint density at radius 3 is 2.81 bits per heavy atom. The zero-order valence-corrected chi connectivity index (χ0v) is 20.8. The van der Waals surface area contributed by atoms with Crippen LogP contribution in [0.4, 0.5) is 5.69 Å². The van der Waals surface area contributed by atoms with Crippen molar-refractivity contribution in [3.63, 3.8) is 0 Å². The standard InChI is InChI=1S/C27H28N4O4S/c32-25(28-14-23-29-20-9-1-2-11-22(20)36-23)17-6-4-12-30(15-17)21-10-3-8-19-24(21)27(34)31(26(19)33)16-18-7-5-13-35-18/h1-3,8-11,17-18H,4-7,12-16H2,(H,28,32). The van der Waals surface area contributed by atoms with Gasteiger partial charge < -0.3 is 15.0 Å². The number of imide groups is 1. The fourth-order valence-electron chi connectivity index (χ4n) is 5.45. The van der Waals surface area contributed by atoms with Gasteiger partial charge in [-0.3, -0.25) is 19.3 Å². The SMILES string of the molecule is O=C(NCc1nc2ccccc2s1)C1CCCN(c2cccc3c2C(=O)N(CC2CCCO2)C3=O)C1. The van der Waals surface area contributed by atoms with Crippen LogP contribution in [-0.4, -0.2) is 60.0 Å². The van der Waals surface area contributed by atoms with Crippen LogP contribution in [-0.2, 0) is 16.1 Å². The van der Waals surface area contributed by atoms with Crippen molar-refractivity contribution in [3.8, 4) is 0 Å². The third-order valence-corrected chi connectivity index (χ3v) is 8.31. The predicted molar refractivity (Wildman–Crippen MR) is 137 cm³/mol. The van der Waals surface area contributed by atoms with Crippen molar-refractivity contribution in [1.29, 1.82) is 0 Å². The number of carbonyl (C=O) groups excluding carboxylic acids is 3. The lowest BCUT2D eigenvalue weighted by Crippen LogP contribution is -2.43. The number of amides is 3. The number of ether oxygens (including phenoxy) is 1. The van der Waals surface area contributed by atoms with Crippen LogP contribution in [0.1, 0.15) is 51.4 Å². The molecule has 9 heteroatoms. The molecular formula is C27H28N4O4S. The summed E-state index contributed by atoms with van der Waals surface area (Å²) in [6.45, 7) is 2.62. The van der Waals surface area contributed by atoms with E-state index in [1.165, 1.54) is 4.90 Å². The van der Waals surface area contributed by atoms with Crippen LogP contribution in [0.2, 0.25) is 0 Å². The number of aromatic nitrogens is 1. The van der Waals surface area contributed by atoms with E-state index in [1.54, 1.807) is 17.4 Å². The Morgan fingerprint density at radius 2 is 1.97 bits per heavy atom. The number of carbonyl (C=O) groups is 3. The first-order chi connectivity index (χ1) is 17.6. The van der Waals surface area contributed by atoms with Crippen molar-refractivity contribution in [2.45, 2.75) is 38.3 Å². The predicted octanol–water partition coefficient (Wildman–Crippen LogP) is 3.60. The van der Waals surface area contributed by atoms with Gasteiger partial charge in [0, 0.05) is 19.7 Å². The van der Waals surface area contributed by atoms with E-state index in [9.17, 15) is 14.4 Å². The lowest BCUT2D eigenvalue weighted by molar-refractivity contribution is -0.125. The summed E-state index contributed by atoms with van der Waals surface area (Å²) in [6, 6.07) is 13.4. The van der Waals surface area contributed by atoms with Gasteiger partial charge in [-0.25, -0.2) is 4.98 Å². The van der Waals surface area contributed by atoms with Gasteiger partial charge in [0.25, 0.3) is 11.8 Å². The Hall–Kier alpha value is -3.30. The molecule has 2 aromatic carbocycles. The van der Waals surface area contributed by atoms with E-state index < -0.39 is 0 Å². The van der Waals surface area contributed by atoms with Crippen molar-refractivity contribution in [3.05, 3.63) is 58.6 Å². The van der Waals surface area contributed by atoms with Crippen molar-refractivity contribution >= 4 is 45.0 Å². The fraction of sp³-hybridized carbons (Fsp3) is 0.407. The van der Waals surface area contributed by atoms with Crippen molar-refractivity contribution in [2.24, 2.45) is 5.92 Å². The maximum atomic E-state index is 13.3.